The monoisotopic (exact) mass is 303 g/mol. The zero-order valence-electron chi connectivity index (χ0n) is 9.44. The van der Waals surface area contributed by atoms with E-state index in [-0.39, 0.29) is 4.70 Å². The number of halogens is 2. The molecule has 0 radical (unpaired) electrons. The first-order chi connectivity index (χ1) is 6.49. The summed E-state index contributed by atoms with van der Waals surface area (Å²) in [4.78, 5) is 12.3. The van der Waals surface area contributed by atoms with E-state index in [0.29, 0.717) is 0 Å². The van der Waals surface area contributed by atoms with Gasteiger partial charge in [0.2, 0.25) is 0 Å². The van der Waals surface area contributed by atoms with Crippen LogP contribution in [0.25, 0.3) is 0 Å². The van der Waals surface area contributed by atoms with Crippen molar-refractivity contribution in [1.29, 1.82) is 0.594 Å². The molecule has 13 heavy (non-hydrogen) atoms. The molecule has 78 valence electrons. The normalized spacial score (nSPS) is 14.8. The molecular weight excluding hydrogens is 283 g/mol. The standard InChI is InChI=1S/C8H18BFINO/c1-4-5-6-9(11-3)12-7(2)8(10)13/h7,11-12H,4-6H2,1-3H3/i11T. The van der Waals surface area contributed by atoms with Crippen molar-refractivity contribution in [3.8, 4) is 0 Å². The Balaban J connectivity index is 4.02. The fourth-order valence-electron chi connectivity index (χ4n) is 0.976. The first-order valence-electron chi connectivity index (χ1n) is 4.93. The molecule has 5 heteroatoms. The molecule has 0 bridgehead atoms. The van der Waals surface area contributed by atoms with E-state index in [1.807, 2.05) is 4.93 Å². The van der Waals surface area contributed by atoms with Crippen LogP contribution in [0.5, 0.6) is 0 Å². The number of carbonyl (C=O) groups excluding carboxylic acids is 1. The van der Waals surface area contributed by atoms with Crippen molar-refractivity contribution >= 4 is 31.5 Å². The number of unbranched alkanes of at least 4 members (excludes halogenated alkanes) is 1. The van der Waals surface area contributed by atoms with Gasteiger partial charge in [-0.3, -0.25) is 0 Å². The molecular formula is C8H18BFINO. The Morgan fingerprint density at radius 1 is 1.85 bits per heavy atom. The van der Waals surface area contributed by atoms with Crippen molar-refractivity contribution in [2.45, 2.75) is 39.1 Å². The molecule has 0 rings (SSSR count). The maximum atomic E-state index is 12.3. The average molecular weight is 303 g/mol. The Kier molecular flexibility index (Phi) is 6.80. The summed E-state index contributed by atoms with van der Waals surface area (Å²) >= 11 is -1.76. The van der Waals surface area contributed by atoms with E-state index in [1.165, 1.54) is 6.92 Å². The second kappa shape index (κ2) is 7.73. The number of nitrogens with one attached hydrogen (secondary N) is 1. The van der Waals surface area contributed by atoms with Crippen LogP contribution in [0.1, 0.15) is 26.7 Å². The Hall–Kier alpha value is 0.355. The minimum atomic E-state index is -1.76. The number of hydrogen-bond donors (Lipinski definition) is 1. The number of hydrogen-bond acceptors (Lipinski definition) is 2. The molecule has 0 aliphatic rings. The quantitative estimate of drug-likeness (QED) is 0.338. The van der Waals surface area contributed by atoms with Crippen molar-refractivity contribution in [3.05, 3.63) is 0 Å². The molecule has 0 aromatic heterocycles. The third-order valence-corrected chi connectivity index (χ3v) is 4.33. The van der Waals surface area contributed by atoms with Gasteiger partial charge in [-0.2, -0.15) is 0 Å². The maximum absolute atomic E-state index is 12.3. The van der Waals surface area contributed by atoms with E-state index in [9.17, 15) is 9.18 Å². The molecule has 0 aromatic rings. The third-order valence-electron chi connectivity index (χ3n) is 1.85. The van der Waals surface area contributed by atoms with E-state index in [0.717, 1.165) is 19.2 Å². The van der Waals surface area contributed by atoms with Gasteiger partial charge in [-0.25, -0.2) is 0 Å². The first-order valence-corrected chi connectivity index (χ1v) is 7.95. The first kappa shape index (κ1) is 11.4. The number of carbonyl (C=O) groups is 1. The van der Waals surface area contributed by atoms with Gasteiger partial charge in [0, 0.05) is 0 Å². The van der Waals surface area contributed by atoms with Crippen LogP contribution in [0.15, 0.2) is 0 Å². The topological polar surface area (TPSA) is 29.1 Å². The average Bonchev–Trinajstić information content (AvgIpc) is 2.10. The van der Waals surface area contributed by atoms with Crippen molar-refractivity contribution in [3.63, 3.8) is 0 Å². The van der Waals surface area contributed by atoms with Crippen molar-refractivity contribution in [2.24, 2.45) is 0 Å². The molecule has 0 aliphatic carbocycles. The minimum absolute atomic E-state index is 0.0637. The molecule has 2 nitrogen and oxygen atoms in total. The van der Waals surface area contributed by atoms with Gasteiger partial charge in [-0.15, -0.1) is 0 Å². The van der Waals surface area contributed by atoms with Crippen LogP contribution in [0.2, 0.25) is 6.32 Å². The molecule has 1 atom stereocenters. The van der Waals surface area contributed by atoms with Crippen LogP contribution in [0, 0.1) is 0 Å². The van der Waals surface area contributed by atoms with Crippen LogP contribution >= 0.6 is 20.8 Å². The molecule has 0 fully saturated rings. The van der Waals surface area contributed by atoms with Crippen molar-refractivity contribution in [1.82, 2.24) is 5.23 Å². The molecule has 0 saturated heterocycles. The predicted molar refractivity (Wildman–Crippen MR) is 65.5 cm³/mol. The second-order valence-electron chi connectivity index (χ2n) is 3.02. The molecule has 0 heterocycles. The summed E-state index contributed by atoms with van der Waals surface area (Å²) in [5.41, 5.74) is 0. The van der Waals surface area contributed by atoms with Gasteiger partial charge in [-0.1, -0.05) is 0 Å². The van der Waals surface area contributed by atoms with Gasteiger partial charge in [0.25, 0.3) is 0 Å². The molecule has 1 N–H and O–H groups in total. The Morgan fingerprint density at radius 3 is 2.85 bits per heavy atom. The van der Waals surface area contributed by atoms with Gasteiger partial charge < -0.3 is 0 Å². The Morgan fingerprint density at radius 2 is 2.46 bits per heavy atom. The Labute approximate surface area is 90.6 Å². The summed E-state index contributed by atoms with van der Waals surface area (Å²) in [6, 6.07) is -2.08. The summed E-state index contributed by atoms with van der Waals surface area (Å²) in [6.07, 6.45) is 2.99. The van der Waals surface area contributed by atoms with E-state index in [1.54, 1.807) is 0 Å². The van der Waals surface area contributed by atoms with Crippen LogP contribution < -0.4 is 5.23 Å². The zero-order chi connectivity index (χ0) is 11.1. The van der Waals surface area contributed by atoms with Crippen molar-refractivity contribution in [2.75, 3.05) is 4.93 Å². The van der Waals surface area contributed by atoms with Gasteiger partial charge in [-0.05, 0) is 0 Å². The van der Waals surface area contributed by atoms with Gasteiger partial charge in [0.05, 0.1) is 0 Å². The predicted octanol–water partition coefficient (Wildman–Crippen LogP) is 2.08. The van der Waals surface area contributed by atoms with Gasteiger partial charge >= 0.3 is 90.5 Å². The van der Waals surface area contributed by atoms with Crippen LogP contribution in [0.4, 0.5) is 4.39 Å². The fourth-order valence-corrected chi connectivity index (χ4v) is 2.94. The molecule has 0 aromatic carbocycles. The van der Waals surface area contributed by atoms with Crippen LogP contribution in [0.3, 0.4) is 0 Å². The summed E-state index contributed by atoms with van der Waals surface area (Å²) in [5.74, 6) is 0. The van der Waals surface area contributed by atoms with Crippen molar-refractivity contribution < 1.29 is 9.18 Å². The zero-order valence-corrected chi connectivity index (χ0v) is 10.6. The van der Waals surface area contributed by atoms with E-state index < -0.39 is 32.9 Å². The van der Waals surface area contributed by atoms with E-state index in [2.05, 4.69) is 12.2 Å². The molecule has 0 aliphatic heterocycles. The molecule has 0 saturated carbocycles. The SMILES string of the molecule is [3H]I(C)B(CCCC)NC(C)C(=O)F. The molecule has 0 amide bonds. The summed E-state index contributed by atoms with van der Waals surface area (Å²) < 4.78 is 20.1. The summed E-state index contributed by atoms with van der Waals surface area (Å²) in [6.45, 7) is 3.60. The number of rotatable bonds is 7. The molecule has 1 unspecified atom stereocenters. The van der Waals surface area contributed by atoms with E-state index in [4.69, 9.17) is 0.594 Å². The van der Waals surface area contributed by atoms with Crippen LogP contribution in [-0.2, 0) is 4.79 Å². The van der Waals surface area contributed by atoms with E-state index >= 15 is 0 Å². The second-order valence-corrected chi connectivity index (χ2v) is 5.77. The van der Waals surface area contributed by atoms with Crippen LogP contribution in [-0.4, -0.2) is 22.3 Å². The fraction of sp³-hybridized carbons (Fsp3) is 0.875. The number of alkyl halides is 1. The summed E-state index contributed by atoms with van der Waals surface area (Å²) in [7, 11) is 0. The van der Waals surface area contributed by atoms with Gasteiger partial charge in [0.15, 0.2) is 0 Å². The molecule has 0 spiro atoms. The third kappa shape index (κ3) is 6.43. The Bertz CT molecular complexity index is 185. The summed E-state index contributed by atoms with van der Waals surface area (Å²) in [5, 5.41) is 2.91. The van der Waals surface area contributed by atoms with Gasteiger partial charge in [0.1, 0.15) is 0 Å².